The molecular formula is C16H29N3O2. The highest BCUT2D eigenvalue weighted by atomic mass is 16.5. The highest BCUT2D eigenvalue weighted by Gasteiger charge is 2.37. The zero-order valence-electron chi connectivity index (χ0n) is 12.9. The number of alkyl carbamates (subject to hydrolysis) is 1. The topological polar surface area (TPSA) is 76.4 Å². The Morgan fingerprint density at radius 2 is 1.90 bits per heavy atom. The summed E-state index contributed by atoms with van der Waals surface area (Å²) < 4.78 is 5.31. The van der Waals surface area contributed by atoms with Gasteiger partial charge in [-0.3, -0.25) is 0 Å². The van der Waals surface area contributed by atoms with Crippen LogP contribution in [-0.4, -0.2) is 37.4 Å². The van der Waals surface area contributed by atoms with E-state index in [1.54, 1.807) is 0 Å². The molecule has 3 rings (SSSR count). The molecule has 21 heavy (non-hydrogen) atoms. The van der Waals surface area contributed by atoms with Gasteiger partial charge in [0.15, 0.2) is 0 Å². The SMILES string of the molecule is N[C@H]1CCCOC(=O)NC2CCCCC2C2CCNC1C2. The fraction of sp³-hybridized carbons (Fsp3) is 0.938. The summed E-state index contributed by atoms with van der Waals surface area (Å²) >= 11 is 0. The van der Waals surface area contributed by atoms with E-state index in [2.05, 4.69) is 10.6 Å². The van der Waals surface area contributed by atoms with Gasteiger partial charge in [0.25, 0.3) is 0 Å². The van der Waals surface area contributed by atoms with Gasteiger partial charge in [-0.15, -0.1) is 0 Å². The van der Waals surface area contributed by atoms with Gasteiger partial charge >= 0.3 is 6.09 Å². The number of piperidine rings is 1. The lowest BCUT2D eigenvalue weighted by molar-refractivity contribution is 0.0991. The zero-order chi connectivity index (χ0) is 14.7. The molecule has 4 N–H and O–H groups in total. The standard InChI is InChI=1S/C16H29N3O2/c17-13-5-3-9-21-16(20)19-14-6-2-1-4-12(14)11-7-8-18-15(13)10-11/h11-15,18H,1-10,17H2,(H,19,20)/t11?,12?,13-,14?,15?/m0/s1. The summed E-state index contributed by atoms with van der Waals surface area (Å²) in [5.41, 5.74) is 6.35. The predicted molar refractivity (Wildman–Crippen MR) is 82.0 cm³/mol. The number of amides is 1. The van der Waals surface area contributed by atoms with Crippen LogP contribution in [0.4, 0.5) is 4.79 Å². The molecule has 0 aromatic rings. The second-order valence-electron chi connectivity index (χ2n) is 6.99. The lowest BCUT2D eigenvalue weighted by Gasteiger charge is -2.43. The van der Waals surface area contributed by atoms with Crippen molar-refractivity contribution >= 4 is 6.09 Å². The number of hydrogen-bond acceptors (Lipinski definition) is 4. The van der Waals surface area contributed by atoms with Gasteiger partial charge in [0, 0.05) is 18.1 Å². The average molecular weight is 295 g/mol. The Balaban J connectivity index is 1.75. The van der Waals surface area contributed by atoms with Crippen LogP contribution in [0.25, 0.3) is 0 Å². The fourth-order valence-corrected chi connectivity index (χ4v) is 4.48. The molecule has 120 valence electrons. The zero-order valence-corrected chi connectivity index (χ0v) is 12.9. The summed E-state index contributed by atoms with van der Waals surface area (Å²) in [5.74, 6) is 1.29. The first-order chi connectivity index (χ1) is 10.2. The van der Waals surface area contributed by atoms with Crippen LogP contribution in [0.5, 0.6) is 0 Å². The van der Waals surface area contributed by atoms with Crippen LogP contribution in [0, 0.1) is 11.8 Å². The number of nitrogens with two attached hydrogens (primary N) is 1. The van der Waals surface area contributed by atoms with Crippen molar-refractivity contribution in [3.8, 4) is 0 Å². The maximum absolute atomic E-state index is 11.9. The van der Waals surface area contributed by atoms with E-state index in [1.807, 2.05) is 0 Å². The highest BCUT2D eigenvalue weighted by Crippen LogP contribution is 2.36. The number of carbonyl (C=O) groups is 1. The molecule has 0 aromatic heterocycles. The van der Waals surface area contributed by atoms with Crippen molar-refractivity contribution in [1.29, 1.82) is 0 Å². The molecule has 0 aromatic carbocycles. The third-order valence-corrected chi connectivity index (χ3v) is 5.64. The second kappa shape index (κ2) is 6.97. The molecule has 5 nitrogen and oxygen atoms in total. The van der Waals surface area contributed by atoms with Gasteiger partial charge in [0.2, 0.25) is 0 Å². The number of fused-ring (bicyclic) bond motifs is 4. The summed E-state index contributed by atoms with van der Waals surface area (Å²) in [6.07, 6.45) is 8.76. The van der Waals surface area contributed by atoms with E-state index in [0.29, 0.717) is 30.5 Å². The molecule has 5 heteroatoms. The largest absolute Gasteiger partial charge is 0.450 e. The van der Waals surface area contributed by atoms with Crippen molar-refractivity contribution in [3.63, 3.8) is 0 Å². The molecule has 5 atom stereocenters. The van der Waals surface area contributed by atoms with Crippen molar-refractivity contribution in [1.82, 2.24) is 10.6 Å². The Morgan fingerprint density at radius 1 is 1.05 bits per heavy atom. The number of cyclic esters (lactones) is 1. The van der Waals surface area contributed by atoms with Gasteiger partial charge in [-0.2, -0.15) is 0 Å². The van der Waals surface area contributed by atoms with Crippen molar-refractivity contribution in [2.45, 2.75) is 69.5 Å². The number of hydrogen-bond donors (Lipinski definition) is 3. The molecule has 1 amide bonds. The van der Waals surface area contributed by atoms with Crippen molar-refractivity contribution in [2.24, 2.45) is 17.6 Å². The third kappa shape index (κ3) is 3.69. The second-order valence-corrected chi connectivity index (χ2v) is 6.99. The molecule has 4 unspecified atom stereocenters. The maximum Gasteiger partial charge on any atom is 0.407 e. The van der Waals surface area contributed by atoms with E-state index < -0.39 is 0 Å². The molecule has 2 aliphatic heterocycles. The fourth-order valence-electron chi connectivity index (χ4n) is 4.48. The Bertz CT molecular complexity index is 363. The van der Waals surface area contributed by atoms with E-state index >= 15 is 0 Å². The van der Waals surface area contributed by atoms with Crippen LogP contribution >= 0.6 is 0 Å². The van der Waals surface area contributed by atoms with Gasteiger partial charge in [0.1, 0.15) is 0 Å². The first kappa shape index (κ1) is 15.1. The van der Waals surface area contributed by atoms with Gasteiger partial charge in [-0.1, -0.05) is 12.8 Å². The Labute approximate surface area is 127 Å². The normalized spacial score (nSPS) is 41.8. The predicted octanol–water partition coefficient (Wildman–Crippen LogP) is 1.76. The van der Waals surface area contributed by atoms with Crippen LogP contribution in [-0.2, 0) is 4.74 Å². The molecule has 2 bridgehead atoms. The van der Waals surface area contributed by atoms with Crippen LogP contribution in [0.2, 0.25) is 0 Å². The first-order valence-corrected chi connectivity index (χ1v) is 8.66. The summed E-state index contributed by atoms with van der Waals surface area (Å²) in [6.45, 7) is 1.55. The molecule has 0 spiro atoms. The molecule has 2 heterocycles. The summed E-state index contributed by atoms with van der Waals surface area (Å²) in [5, 5.41) is 6.74. The molecule has 3 fully saturated rings. The molecule has 2 saturated heterocycles. The number of ether oxygens (including phenoxy) is 1. The number of rotatable bonds is 0. The van der Waals surface area contributed by atoms with E-state index in [-0.39, 0.29) is 12.1 Å². The van der Waals surface area contributed by atoms with Crippen molar-refractivity contribution in [2.75, 3.05) is 13.2 Å². The lowest BCUT2D eigenvalue weighted by atomic mass is 9.71. The number of carbonyl (C=O) groups excluding carboxylic acids is 1. The monoisotopic (exact) mass is 295 g/mol. The average Bonchev–Trinajstić information content (AvgIpc) is 2.51. The number of nitrogens with one attached hydrogen (secondary N) is 2. The minimum absolute atomic E-state index is 0.181. The van der Waals surface area contributed by atoms with Crippen molar-refractivity contribution in [3.05, 3.63) is 0 Å². The van der Waals surface area contributed by atoms with E-state index in [9.17, 15) is 4.79 Å². The molecule has 1 aliphatic carbocycles. The highest BCUT2D eigenvalue weighted by molar-refractivity contribution is 5.67. The lowest BCUT2D eigenvalue weighted by Crippen LogP contribution is -2.54. The molecule has 3 aliphatic rings. The third-order valence-electron chi connectivity index (χ3n) is 5.64. The van der Waals surface area contributed by atoms with Gasteiger partial charge in [-0.25, -0.2) is 4.79 Å². The van der Waals surface area contributed by atoms with E-state index in [0.717, 1.165) is 25.8 Å². The van der Waals surface area contributed by atoms with Gasteiger partial charge in [-0.05, 0) is 56.9 Å². The van der Waals surface area contributed by atoms with Crippen LogP contribution in [0.15, 0.2) is 0 Å². The molecule has 0 radical (unpaired) electrons. The van der Waals surface area contributed by atoms with Crippen LogP contribution in [0.3, 0.4) is 0 Å². The molecular weight excluding hydrogens is 266 g/mol. The Hall–Kier alpha value is -0.810. The minimum atomic E-state index is -0.230. The van der Waals surface area contributed by atoms with Crippen LogP contribution < -0.4 is 16.4 Å². The maximum atomic E-state index is 11.9. The Kier molecular flexibility index (Phi) is 5.01. The smallest absolute Gasteiger partial charge is 0.407 e. The first-order valence-electron chi connectivity index (χ1n) is 8.66. The van der Waals surface area contributed by atoms with Gasteiger partial charge in [0.05, 0.1) is 6.61 Å². The van der Waals surface area contributed by atoms with Crippen LogP contribution in [0.1, 0.15) is 51.4 Å². The minimum Gasteiger partial charge on any atom is -0.450 e. The summed E-state index contributed by atoms with van der Waals surface area (Å²) in [7, 11) is 0. The van der Waals surface area contributed by atoms with Crippen molar-refractivity contribution < 1.29 is 9.53 Å². The summed E-state index contributed by atoms with van der Waals surface area (Å²) in [6, 6.07) is 0.910. The van der Waals surface area contributed by atoms with E-state index in [4.69, 9.17) is 10.5 Å². The van der Waals surface area contributed by atoms with Gasteiger partial charge < -0.3 is 21.1 Å². The molecule has 1 saturated carbocycles. The summed E-state index contributed by atoms with van der Waals surface area (Å²) in [4.78, 5) is 11.9. The van der Waals surface area contributed by atoms with E-state index in [1.165, 1.54) is 32.1 Å². The Morgan fingerprint density at radius 3 is 2.81 bits per heavy atom. The quantitative estimate of drug-likeness (QED) is 0.636.